The first-order valence-corrected chi connectivity index (χ1v) is 9.89. The highest BCUT2D eigenvalue weighted by Gasteiger charge is 2.09. The molecule has 9 heteroatoms. The van der Waals surface area contributed by atoms with Crippen LogP contribution in [0.4, 0.5) is 19.3 Å². The summed E-state index contributed by atoms with van der Waals surface area (Å²) < 4.78 is 28.9. The number of hydrogen-bond donors (Lipinski definition) is 3. The van der Waals surface area contributed by atoms with Gasteiger partial charge in [0.25, 0.3) is 0 Å². The van der Waals surface area contributed by atoms with Crippen LogP contribution < -0.4 is 20.7 Å². The average Bonchev–Trinajstić information content (AvgIpc) is 2.70. The van der Waals surface area contributed by atoms with Crippen molar-refractivity contribution < 1.29 is 18.3 Å². The number of guanidine groups is 1. The van der Waals surface area contributed by atoms with Crippen LogP contribution in [0.1, 0.15) is 25.0 Å². The van der Waals surface area contributed by atoms with Crippen LogP contribution in [0.3, 0.4) is 0 Å². The van der Waals surface area contributed by atoms with Gasteiger partial charge in [0, 0.05) is 38.9 Å². The van der Waals surface area contributed by atoms with Gasteiger partial charge in [-0.2, -0.15) is 8.78 Å². The lowest BCUT2D eigenvalue weighted by Gasteiger charge is -2.22. The molecule has 0 aliphatic heterocycles. The van der Waals surface area contributed by atoms with Crippen LogP contribution in [0, 0.1) is 0 Å². The molecule has 7 nitrogen and oxygen atoms in total. The van der Waals surface area contributed by atoms with Crippen molar-refractivity contribution in [1.82, 2.24) is 15.5 Å². The molecule has 0 atom stereocenters. The Bertz CT molecular complexity index is 855. The predicted octanol–water partition coefficient (Wildman–Crippen LogP) is 4.03. The van der Waals surface area contributed by atoms with Crippen LogP contribution >= 0.6 is 0 Å². The Morgan fingerprint density at radius 3 is 2.23 bits per heavy atom. The van der Waals surface area contributed by atoms with Crippen molar-refractivity contribution in [3.05, 3.63) is 59.7 Å². The number of carbonyl (C=O) groups excluding carboxylic acids is 1. The Morgan fingerprint density at radius 2 is 1.68 bits per heavy atom. The summed E-state index contributed by atoms with van der Waals surface area (Å²) in [7, 11) is 3.58. The van der Waals surface area contributed by atoms with Gasteiger partial charge in [-0.1, -0.05) is 24.3 Å². The number of rotatable bonds is 8. The predicted molar refractivity (Wildman–Crippen MR) is 118 cm³/mol. The van der Waals surface area contributed by atoms with E-state index >= 15 is 0 Å². The molecule has 0 fully saturated rings. The number of anilines is 1. The second-order valence-electron chi connectivity index (χ2n) is 7.23. The number of halogens is 2. The molecule has 2 amide bonds. The van der Waals surface area contributed by atoms with Crippen LogP contribution in [0.5, 0.6) is 5.75 Å². The molecule has 2 aromatic carbocycles. The molecule has 0 aliphatic carbocycles. The first-order valence-electron chi connectivity index (χ1n) is 9.89. The van der Waals surface area contributed by atoms with Gasteiger partial charge in [-0.05, 0) is 49.2 Å². The molecule has 3 N–H and O–H groups in total. The summed E-state index contributed by atoms with van der Waals surface area (Å²) >= 11 is 0. The Balaban J connectivity index is 1.86. The average molecular weight is 434 g/mol. The molecule has 0 radical (unpaired) electrons. The molecule has 168 valence electrons. The van der Waals surface area contributed by atoms with Gasteiger partial charge in [0.15, 0.2) is 5.96 Å². The van der Waals surface area contributed by atoms with E-state index in [0.29, 0.717) is 24.7 Å². The number of carbonyl (C=O) groups is 1. The molecule has 0 saturated carbocycles. The third kappa shape index (κ3) is 8.49. The van der Waals surface area contributed by atoms with Crippen LogP contribution in [0.25, 0.3) is 0 Å². The maximum Gasteiger partial charge on any atom is 0.387 e. The number of aliphatic imine (C=N–C) groups is 1. The van der Waals surface area contributed by atoms with Crippen molar-refractivity contribution in [3.8, 4) is 5.75 Å². The molecule has 0 heterocycles. The number of nitrogens with one attached hydrogen (secondary N) is 3. The number of ether oxygens (including phenoxy) is 1. The normalized spacial score (nSPS) is 11.4. The highest BCUT2D eigenvalue weighted by molar-refractivity contribution is 5.89. The van der Waals surface area contributed by atoms with E-state index in [1.807, 2.05) is 50.1 Å². The molecule has 0 aliphatic rings. The zero-order valence-electron chi connectivity index (χ0n) is 18.2. The summed E-state index contributed by atoms with van der Waals surface area (Å²) in [5.74, 6) is 0.815. The van der Waals surface area contributed by atoms with Gasteiger partial charge in [0.2, 0.25) is 0 Å². The number of alkyl halides is 2. The highest BCUT2D eigenvalue weighted by Crippen LogP contribution is 2.16. The smallest absolute Gasteiger partial charge is 0.387 e. The lowest BCUT2D eigenvalue weighted by Crippen LogP contribution is -2.38. The van der Waals surface area contributed by atoms with Crippen LogP contribution in [-0.4, -0.2) is 43.6 Å². The minimum atomic E-state index is -2.83. The van der Waals surface area contributed by atoms with Crippen LogP contribution in [0.2, 0.25) is 0 Å². The zero-order chi connectivity index (χ0) is 22.8. The maximum absolute atomic E-state index is 12.3. The third-order valence-electron chi connectivity index (χ3n) is 4.22. The first kappa shape index (κ1) is 23.9. The van der Waals surface area contributed by atoms with E-state index in [0.717, 1.165) is 11.1 Å². The Hall–Kier alpha value is -3.36. The van der Waals surface area contributed by atoms with Gasteiger partial charge in [-0.15, -0.1) is 0 Å². The van der Waals surface area contributed by atoms with E-state index in [9.17, 15) is 13.6 Å². The standard InChI is InChI=1S/C22H29F2N5O2/c1-15(2)27-22(30)28-18-9-5-16(6-10-18)13-26-21(25-3)29(4)14-17-7-11-19(12-8-17)31-20(23)24/h5-12,15,20H,13-14H2,1-4H3,(H,25,26)(H2,27,28,30). The molecule has 0 bridgehead atoms. The lowest BCUT2D eigenvalue weighted by molar-refractivity contribution is -0.0498. The quantitative estimate of drug-likeness (QED) is 0.434. The van der Waals surface area contributed by atoms with E-state index in [1.165, 1.54) is 12.1 Å². The van der Waals surface area contributed by atoms with E-state index in [4.69, 9.17) is 0 Å². The lowest BCUT2D eigenvalue weighted by atomic mass is 10.2. The second-order valence-corrected chi connectivity index (χ2v) is 7.23. The van der Waals surface area contributed by atoms with Gasteiger partial charge in [-0.3, -0.25) is 4.99 Å². The number of urea groups is 1. The minimum Gasteiger partial charge on any atom is -0.435 e. The maximum atomic E-state index is 12.3. The Morgan fingerprint density at radius 1 is 1.06 bits per heavy atom. The Labute approximate surface area is 181 Å². The van der Waals surface area contributed by atoms with Crippen molar-refractivity contribution in [1.29, 1.82) is 0 Å². The van der Waals surface area contributed by atoms with Crippen LogP contribution in [-0.2, 0) is 13.1 Å². The van der Waals surface area contributed by atoms with Crippen molar-refractivity contribution in [2.45, 2.75) is 39.6 Å². The topological polar surface area (TPSA) is 78.0 Å². The van der Waals surface area contributed by atoms with E-state index in [-0.39, 0.29) is 17.8 Å². The van der Waals surface area contributed by atoms with Gasteiger partial charge in [0.05, 0.1) is 0 Å². The van der Waals surface area contributed by atoms with Gasteiger partial charge in [0.1, 0.15) is 5.75 Å². The van der Waals surface area contributed by atoms with E-state index in [2.05, 4.69) is 25.7 Å². The molecular formula is C22H29F2N5O2. The fourth-order valence-corrected chi connectivity index (χ4v) is 2.83. The summed E-state index contributed by atoms with van der Waals surface area (Å²) in [4.78, 5) is 18.0. The summed E-state index contributed by atoms with van der Waals surface area (Å²) in [5, 5.41) is 8.84. The van der Waals surface area contributed by atoms with Crippen molar-refractivity contribution in [2.75, 3.05) is 19.4 Å². The largest absolute Gasteiger partial charge is 0.435 e. The summed E-state index contributed by atoms with van der Waals surface area (Å²) in [6.07, 6.45) is 0. The van der Waals surface area contributed by atoms with Gasteiger partial charge >= 0.3 is 12.6 Å². The third-order valence-corrected chi connectivity index (χ3v) is 4.22. The molecule has 0 unspecified atom stereocenters. The molecule has 2 rings (SSSR count). The summed E-state index contributed by atoms with van der Waals surface area (Å²) in [6.45, 7) is 2.06. The summed E-state index contributed by atoms with van der Waals surface area (Å²) in [5.41, 5.74) is 2.67. The zero-order valence-corrected chi connectivity index (χ0v) is 18.2. The van der Waals surface area contributed by atoms with Crippen molar-refractivity contribution in [3.63, 3.8) is 0 Å². The van der Waals surface area contributed by atoms with Crippen LogP contribution in [0.15, 0.2) is 53.5 Å². The van der Waals surface area contributed by atoms with Gasteiger partial charge < -0.3 is 25.6 Å². The molecule has 0 aromatic heterocycles. The number of amides is 2. The molecule has 2 aromatic rings. The van der Waals surface area contributed by atoms with E-state index in [1.54, 1.807) is 19.2 Å². The molecule has 31 heavy (non-hydrogen) atoms. The molecule has 0 saturated heterocycles. The Kier molecular flexibility index (Phi) is 9.05. The number of benzene rings is 2. The van der Waals surface area contributed by atoms with Crippen molar-refractivity contribution >= 4 is 17.7 Å². The number of hydrogen-bond acceptors (Lipinski definition) is 3. The summed E-state index contributed by atoms with van der Waals surface area (Å²) in [6, 6.07) is 13.9. The van der Waals surface area contributed by atoms with Gasteiger partial charge in [-0.25, -0.2) is 4.79 Å². The van der Waals surface area contributed by atoms with E-state index < -0.39 is 6.61 Å². The highest BCUT2D eigenvalue weighted by atomic mass is 19.3. The SMILES string of the molecule is CN=C(NCc1ccc(NC(=O)NC(C)C)cc1)N(C)Cc1ccc(OC(F)F)cc1. The minimum absolute atomic E-state index is 0.0659. The van der Waals surface area contributed by atoms with Crippen molar-refractivity contribution in [2.24, 2.45) is 4.99 Å². The monoisotopic (exact) mass is 433 g/mol. The fourth-order valence-electron chi connectivity index (χ4n) is 2.83. The number of nitrogens with zero attached hydrogens (tertiary/aromatic N) is 2. The molecular weight excluding hydrogens is 404 g/mol. The molecule has 0 spiro atoms. The first-order chi connectivity index (χ1) is 14.8. The second kappa shape index (κ2) is 11.7. The fraction of sp³-hybridized carbons (Fsp3) is 0.364.